The molecular weight excluding hydrogens is 550 g/mol. The van der Waals surface area contributed by atoms with E-state index in [1.165, 1.54) is 11.8 Å². The van der Waals surface area contributed by atoms with Gasteiger partial charge in [0, 0.05) is 30.6 Å². The molecule has 3 fully saturated rings. The first-order chi connectivity index (χ1) is 19.3. The number of carbonyl (C=O) groups excluding carboxylic acids is 5. The van der Waals surface area contributed by atoms with Crippen LogP contribution in [0.25, 0.3) is 0 Å². The molecule has 41 heavy (non-hydrogen) atoms. The van der Waals surface area contributed by atoms with E-state index in [0.717, 1.165) is 18.4 Å². The normalized spacial score (nSPS) is 34.9. The lowest BCUT2D eigenvalue weighted by Crippen LogP contribution is -2.61. The molecule has 0 aromatic rings. The molecule has 3 saturated carbocycles. The predicted octanol–water partition coefficient (Wildman–Crippen LogP) is 2.64. The van der Waals surface area contributed by atoms with Crippen LogP contribution in [0, 0.1) is 28.6 Å². The van der Waals surface area contributed by atoms with Gasteiger partial charge < -0.3 is 20.3 Å². The van der Waals surface area contributed by atoms with Gasteiger partial charge in [-0.25, -0.2) is 4.79 Å². The highest BCUT2D eigenvalue weighted by atomic mass is 32.2. The maximum absolute atomic E-state index is 13.7. The second-order valence-electron chi connectivity index (χ2n) is 12.6. The van der Waals surface area contributed by atoms with Gasteiger partial charge in [-0.1, -0.05) is 19.4 Å². The number of ether oxygens (including phenoxy) is 1. The molecule has 4 aliphatic carbocycles. The number of carboxylic acid groups (broad SMARTS) is 1. The van der Waals surface area contributed by atoms with Gasteiger partial charge in [0.15, 0.2) is 12.4 Å². The molecule has 11 heteroatoms. The molecule has 0 saturated heterocycles. The summed E-state index contributed by atoms with van der Waals surface area (Å²) in [5.41, 5.74) is -2.13. The summed E-state index contributed by atoms with van der Waals surface area (Å²) < 4.78 is 5.13. The molecule has 3 N–H and O–H groups in total. The van der Waals surface area contributed by atoms with Crippen molar-refractivity contribution in [3.05, 3.63) is 11.6 Å². The molecule has 0 bridgehead atoms. The van der Waals surface area contributed by atoms with Crippen molar-refractivity contribution in [1.29, 1.82) is 0 Å². The summed E-state index contributed by atoms with van der Waals surface area (Å²) in [6, 6.07) is -1.05. The standard InChI is InChI=1S/C30H41NO9S/c1-28-11-8-18(32)14-17(28)4-5-19-20-9-12-30(39,29(20,2)15-22(33)26(19)28)23(34)16-40-25(36)7-6-24(35)31-21(27(37)38)10-13-41-3/h14,19-21,26,39H,4-13,15-16H2,1-3H3,(H,31,35)(H,37,38)/t19-,20-,21+,26+,28+,29+,30+/m1/s1. The Bertz CT molecular complexity index is 1170. The molecule has 4 rings (SSSR count). The maximum Gasteiger partial charge on any atom is 0.326 e. The van der Waals surface area contributed by atoms with E-state index < -0.39 is 47.3 Å². The van der Waals surface area contributed by atoms with Gasteiger partial charge in [-0.05, 0) is 73.9 Å². The van der Waals surface area contributed by atoms with E-state index in [4.69, 9.17) is 4.74 Å². The van der Waals surface area contributed by atoms with Crippen LogP contribution < -0.4 is 5.32 Å². The third-order valence-electron chi connectivity index (χ3n) is 10.4. The van der Waals surface area contributed by atoms with Crippen molar-refractivity contribution in [2.75, 3.05) is 18.6 Å². The Kier molecular flexibility index (Phi) is 9.18. The first-order valence-corrected chi connectivity index (χ1v) is 15.8. The fraction of sp³-hybridized carbons (Fsp3) is 0.733. The van der Waals surface area contributed by atoms with Gasteiger partial charge in [-0.2, -0.15) is 11.8 Å². The largest absolute Gasteiger partial charge is 0.480 e. The highest BCUT2D eigenvalue weighted by Crippen LogP contribution is 2.66. The number of thioether (sulfide) groups is 1. The minimum Gasteiger partial charge on any atom is -0.480 e. The van der Waals surface area contributed by atoms with E-state index >= 15 is 0 Å². The SMILES string of the molecule is CSCC[C@H](NC(=O)CCC(=O)OCC(=O)[C@@]1(O)CC[C@@H]2[C@H]3CCC4=CC(=O)CC[C@]4(C)[C@@H]3C(=O)C[C@@]21C)C(=O)O. The van der Waals surface area contributed by atoms with Crippen molar-refractivity contribution in [2.45, 2.75) is 89.7 Å². The number of fused-ring (bicyclic) bond motifs is 5. The highest BCUT2D eigenvalue weighted by Gasteiger charge is 2.68. The minimum atomic E-state index is -1.82. The molecule has 0 aliphatic heterocycles. The molecule has 0 unspecified atom stereocenters. The molecule has 0 aromatic carbocycles. The van der Waals surface area contributed by atoms with Crippen molar-refractivity contribution >= 4 is 47.0 Å². The molecule has 226 valence electrons. The van der Waals surface area contributed by atoms with Crippen LogP contribution in [-0.4, -0.2) is 75.7 Å². The number of esters is 1. The van der Waals surface area contributed by atoms with Crippen molar-refractivity contribution in [3.63, 3.8) is 0 Å². The fourth-order valence-electron chi connectivity index (χ4n) is 8.16. The lowest BCUT2D eigenvalue weighted by atomic mass is 9.46. The number of ketones is 3. The Morgan fingerprint density at radius 3 is 2.54 bits per heavy atom. The molecule has 0 radical (unpaired) electrons. The number of hydrogen-bond acceptors (Lipinski definition) is 9. The van der Waals surface area contributed by atoms with Crippen LogP contribution >= 0.6 is 11.8 Å². The number of amides is 1. The zero-order chi connectivity index (χ0) is 30.2. The van der Waals surface area contributed by atoms with Crippen molar-refractivity contribution in [2.24, 2.45) is 28.6 Å². The van der Waals surface area contributed by atoms with E-state index in [0.29, 0.717) is 25.0 Å². The smallest absolute Gasteiger partial charge is 0.326 e. The first-order valence-electron chi connectivity index (χ1n) is 14.5. The molecule has 4 aliphatic rings. The van der Waals surface area contributed by atoms with Gasteiger partial charge in [0.05, 0.1) is 6.42 Å². The van der Waals surface area contributed by atoms with Crippen LogP contribution in [0.1, 0.15) is 78.1 Å². The lowest BCUT2D eigenvalue weighted by molar-refractivity contribution is -0.173. The Balaban J connectivity index is 1.36. The number of aliphatic hydroxyl groups is 1. The third-order valence-corrected chi connectivity index (χ3v) is 11.1. The minimum absolute atomic E-state index is 0.00466. The molecular formula is C30H41NO9S. The van der Waals surface area contributed by atoms with Crippen LogP contribution in [0.3, 0.4) is 0 Å². The summed E-state index contributed by atoms with van der Waals surface area (Å²) >= 11 is 1.46. The van der Waals surface area contributed by atoms with Crippen molar-refractivity contribution in [1.82, 2.24) is 5.32 Å². The van der Waals surface area contributed by atoms with Crippen LogP contribution in [0.2, 0.25) is 0 Å². The molecule has 0 aromatic heterocycles. The van der Waals surface area contributed by atoms with Gasteiger partial charge in [0.2, 0.25) is 11.7 Å². The quantitative estimate of drug-likeness (QED) is 0.304. The molecule has 7 atom stereocenters. The maximum atomic E-state index is 13.7. The van der Waals surface area contributed by atoms with Crippen molar-refractivity contribution < 1.29 is 43.7 Å². The Morgan fingerprint density at radius 1 is 1.12 bits per heavy atom. The number of carboxylic acids is 1. The average molecular weight is 592 g/mol. The van der Waals surface area contributed by atoms with Crippen LogP contribution in [-0.2, 0) is 33.5 Å². The predicted molar refractivity (Wildman–Crippen MR) is 150 cm³/mol. The van der Waals surface area contributed by atoms with E-state index in [1.807, 2.05) is 6.26 Å². The average Bonchev–Trinajstić information content (AvgIpc) is 3.19. The monoisotopic (exact) mass is 591 g/mol. The highest BCUT2D eigenvalue weighted by molar-refractivity contribution is 7.98. The Hall–Kier alpha value is -2.53. The fourth-order valence-corrected chi connectivity index (χ4v) is 8.63. The van der Waals surface area contributed by atoms with Crippen LogP contribution in [0.15, 0.2) is 11.6 Å². The zero-order valence-electron chi connectivity index (χ0n) is 24.0. The van der Waals surface area contributed by atoms with Gasteiger partial charge >= 0.3 is 11.9 Å². The summed E-state index contributed by atoms with van der Waals surface area (Å²) in [5.74, 6) is -2.83. The van der Waals surface area contributed by atoms with Gasteiger partial charge in [0.25, 0.3) is 0 Å². The zero-order valence-corrected chi connectivity index (χ0v) is 24.8. The number of carbonyl (C=O) groups is 6. The second kappa shape index (κ2) is 12.0. The first kappa shape index (κ1) is 31.4. The summed E-state index contributed by atoms with van der Waals surface area (Å²) in [4.78, 5) is 74.9. The third kappa shape index (κ3) is 5.76. The second-order valence-corrected chi connectivity index (χ2v) is 13.6. The van der Waals surface area contributed by atoms with Crippen LogP contribution in [0.5, 0.6) is 0 Å². The molecule has 0 spiro atoms. The van der Waals surface area contributed by atoms with Gasteiger partial charge in [-0.3, -0.25) is 24.0 Å². The van der Waals surface area contributed by atoms with Crippen molar-refractivity contribution in [3.8, 4) is 0 Å². The Morgan fingerprint density at radius 2 is 1.85 bits per heavy atom. The molecule has 1 amide bonds. The van der Waals surface area contributed by atoms with E-state index in [1.54, 1.807) is 13.0 Å². The summed E-state index contributed by atoms with van der Waals surface area (Å²) in [5, 5.41) is 23.4. The number of rotatable bonds is 11. The van der Waals surface area contributed by atoms with E-state index in [2.05, 4.69) is 12.2 Å². The molecule has 0 heterocycles. The van der Waals surface area contributed by atoms with E-state index in [9.17, 15) is 39.0 Å². The van der Waals surface area contributed by atoms with Gasteiger partial charge in [-0.15, -0.1) is 0 Å². The van der Waals surface area contributed by atoms with E-state index in [-0.39, 0.29) is 66.8 Å². The number of Topliss-reactive ketones (excluding diaryl/α,β-unsaturated/α-hetero) is 2. The number of aliphatic carboxylic acids is 1. The number of hydrogen-bond donors (Lipinski definition) is 3. The number of nitrogens with one attached hydrogen (secondary N) is 1. The summed E-state index contributed by atoms with van der Waals surface area (Å²) in [7, 11) is 0. The summed E-state index contributed by atoms with van der Waals surface area (Å²) in [6.45, 7) is 3.22. The van der Waals surface area contributed by atoms with Crippen LogP contribution in [0.4, 0.5) is 0 Å². The summed E-state index contributed by atoms with van der Waals surface area (Å²) in [6.07, 6.45) is 6.49. The van der Waals surface area contributed by atoms with Gasteiger partial charge in [0.1, 0.15) is 17.4 Å². The number of allylic oxidation sites excluding steroid dienone is 1. The lowest BCUT2D eigenvalue weighted by Gasteiger charge is -2.57. The molecule has 10 nitrogen and oxygen atoms in total. The Labute approximate surface area is 244 Å². The topological polar surface area (TPSA) is 164 Å².